The summed E-state index contributed by atoms with van der Waals surface area (Å²) >= 11 is 0. The van der Waals surface area contributed by atoms with Crippen LogP contribution in [0.3, 0.4) is 0 Å². The van der Waals surface area contributed by atoms with Crippen LogP contribution in [0, 0.1) is 0 Å². The van der Waals surface area contributed by atoms with Crippen LogP contribution in [0.15, 0.2) is 12.4 Å². The molecular formula is C9H13F2N3. The summed E-state index contributed by atoms with van der Waals surface area (Å²) in [6.45, 7) is 1.71. The fraction of sp³-hybridized carbons (Fsp3) is 0.667. The second kappa shape index (κ2) is 4.04. The summed E-state index contributed by atoms with van der Waals surface area (Å²) in [7, 11) is 0. The van der Waals surface area contributed by atoms with E-state index in [4.69, 9.17) is 0 Å². The SMILES string of the molecule is FC(F)c1cnn(CC2CCCN2)c1. The van der Waals surface area contributed by atoms with Gasteiger partial charge >= 0.3 is 0 Å². The highest BCUT2D eigenvalue weighted by Gasteiger charge is 2.16. The quantitative estimate of drug-likeness (QED) is 0.804. The lowest BCUT2D eigenvalue weighted by Crippen LogP contribution is -2.26. The minimum absolute atomic E-state index is 0.00277. The largest absolute Gasteiger partial charge is 0.312 e. The highest BCUT2D eigenvalue weighted by Crippen LogP contribution is 2.17. The van der Waals surface area contributed by atoms with Gasteiger partial charge in [0.15, 0.2) is 0 Å². The monoisotopic (exact) mass is 201 g/mol. The van der Waals surface area contributed by atoms with E-state index in [1.54, 1.807) is 4.68 Å². The van der Waals surface area contributed by atoms with E-state index in [1.165, 1.54) is 12.4 Å². The summed E-state index contributed by atoms with van der Waals surface area (Å²) < 4.78 is 26.0. The average molecular weight is 201 g/mol. The maximum Gasteiger partial charge on any atom is 0.266 e. The number of hydrogen-bond acceptors (Lipinski definition) is 2. The second-order valence-corrected chi connectivity index (χ2v) is 3.59. The number of alkyl halides is 2. The van der Waals surface area contributed by atoms with Crippen molar-refractivity contribution >= 4 is 0 Å². The molecular weight excluding hydrogens is 188 g/mol. The van der Waals surface area contributed by atoms with Gasteiger partial charge < -0.3 is 5.32 Å². The Morgan fingerprint density at radius 2 is 2.50 bits per heavy atom. The summed E-state index contributed by atoms with van der Waals surface area (Å²) in [4.78, 5) is 0. The molecule has 5 heteroatoms. The fourth-order valence-electron chi connectivity index (χ4n) is 1.73. The molecule has 1 N–H and O–H groups in total. The van der Waals surface area contributed by atoms with Crippen molar-refractivity contribution in [1.29, 1.82) is 0 Å². The highest BCUT2D eigenvalue weighted by molar-refractivity contribution is 5.05. The van der Waals surface area contributed by atoms with E-state index in [2.05, 4.69) is 10.4 Å². The molecule has 1 aliphatic heterocycles. The molecule has 2 heterocycles. The maximum atomic E-state index is 12.2. The normalized spacial score (nSPS) is 22.1. The third-order valence-corrected chi connectivity index (χ3v) is 2.48. The maximum absolute atomic E-state index is 12.2. The highest BCUT2D eigenvalue weighted by atomic mass is 19.3. The minimum Gasteiger partial charge on any atom is -0.312 e. The molecule has 0 aromatic carbocycles. The molecule has 0 bridgehead atoms. The molecule has 1 saturated heterocycles. The lowest BCUT2D eigenvalue weighted by Gasteiger charge is -2.09. The fourth-order valence-corrected chi connectivity index (χ4v) is 1.73. The van der Waals surface area contributed by atoms with Gasteiger partial charge in [0, 0.05) is 12.2 Å². The summed E-state index contributed by atoms with van der Waals surface area (Å²) in [5.74, 6) is 0. The number of halogens is 2. The lowest BCUT2D eigenvalue weighted by atomic mass is 10.2. The van der Waals surface area contributed by atoms with Gasteiger partial charge in [-0.05, 0) is 19.4 Å². The Balaban J connectivity index is 1.95. The van der Waals surface area contributed by atoms with E-state index in [0.29, 0.717) is 12.6 Å². The molecule has 1 fully saturated rings. The Kier molecular flexibility index (Phi) is 2.77. The van der Waals surface area contributed by atoms with Crippen molar-refractivity contribution in [2.24, 2.45) is 0 Å². The Morgan fingerprint density at radius 1 is 1.64 bits per heavy atom. The summed E-state index contributed by atoms with van der Waals surface area (Å²) in [6, 6.07) is 0.389. The molecule has 0 spiro atoms. The van der Waals surface area contributed by atoms with Crippen molar-refractivity contribution < 1.29 is 8.78 Å². The van der Waals surface area contributed by atoms with Gasteiger partial charge in [-0.15, -0.1) is 0 Å². The topological polar surface area (TPSA) is 29.9 Å². The first-order chi connectivity index (χ1) is 6.75. The third kappa shape index (κ3) is 2.09. The zero-order valence-corrected chi connectivity index (χ0v) is 7.79. The third-order valence-electron chi connectivity index (χ3n) is 2.48. The van der Waals surface area contributed by atoms with Gasteiger partial charge in [-0.1, -0.05) is 0 Å². The molecule has 78 valence electrons. The zero-order valence-electron chi connectivity index (χ0n) is 7.79. The van der Waals surface area contributed by atoms with Crippen molar-refractivity contribution in [3.8, 4) is 0 Å². The standard InChI is InChI=1S/C9H13F2N3/c10-9(11)7-4-13-14(5-7)6-8-2-1-3-12-8/h4-5,8-9,12H,1-3,6H2. The van der Waals surface area contributed by atoms with E-state index >= 15 is 0 Å². The van der Waals surface area contributed by atoms with Gasteiger partial charge in [-0.25, -0.2) is 8.78 Å². The summed E-state index contributed by atoms with van der Waals surface area (Å²) in [6.07, 6.45) is 2.50. The molecule has 1 atom stereocenters. The van der Waals surface area contributed by atoms with Crippen molar-refractivity contribution in [1.82, 2.24) is 15.1 Å². The molecule has 1 aliphatic rings. The van der Waals surface area contributed by atoms with Crippen molar-refractivity contribution in [3.63, 3.8) is 0 Å². The first-order valence-electron chi connectivity index (χ1n) is 4.79. The van der Waals surface area contributed by atoms with Crippen molar-refractivity contribution in [3.05, 3.63) is 18.0 Å². The predicted molar refractivity (Wildman–Crippen MR) is 48.2 cm³/mol. The Labute approximate surface area is 81.1 Å². The molecule has 3 nitrogen and oxygen atoms in total. The van der Waals surface area contributed by atoms with E-state index in [9.17, 15) is 8.78 Å². The minimum atomic E-state index is -2.42. The van der Waals surface area contributed by atoms with Crippen molar-refractivity contribution in [2.75, 3.05) is 6.54 Å². The average Bonchev–Trinajstić information content (AvgIpc) is 2.75. The molecule has 1 unspecified atom stereocenters. The molecule has 0 aliphatic carbocycles. The van der Waals surface area contributed by atoms with E-state index in [-0.39, 0.29) is 5.56 Å². The van der Waals surface area contributed by atoms with Crippen LogP contribution in [0.5, 0.6) is 0 Å². The van der Waals surface area contributed by atoms with Gasteiger partial charge in [-0.3, -0.25) is 4.68 Å². The van der Waals surface area contributed by atoms with E-state index in [0.717, 1.165) is 19.4 Å². The van der Waals surface area contributed by atoms with Crippen LogP contribution >= 0.6 is 0 Å². The Bertz CT molecular complexity index is 292. The molecule has 14 heavy (non-hydrogen) atoms. The number of nitrogens with zero attached hydrogens (tertiary/aromatic N) is 2. The first kappa shape index (κ1) is 9.58. The van der Waals surface area contributed by atoms with Gasteiger partial charge in [0.1, 0.15) is 0 Å². The Hall–Kier alpha value is -0.970. The van der Waals surface area contributed by atoms with E-state index < -0.39 is 6.43 Å². The molecule has 2 rings (SSSR count). The van der Waals surface area contributed by atoms with E-state index in [1.807, 2.05) is 0 Å². The number of rotatable bonds is 3. The predicted octanol–water partition coefficient (Wildman–Crippen LogP) is 1.57. The van der Waals surface area contributed by atoms with Crippen LogP contribution in [0.25, 0.3) is 0 Å². The van der Waals surface area contributed by atoms with Crippen molar-refractivity contribution in [2.45, 2.75) is 31.9 Å². The van der Waals surface area contributed by atoms with Crippen LogP contribution in [0.1, 0.15) is 24.8 Å². The molecule has 0 radical (unpaired) electrons. The van der Waals surface area contributed by atoms with Crippen LogP contribution in [0.2, 0.25) is 0 Å². The van der Waals surface area contributed by atoms with Gasteiger partial charge in [0.25, 0.3) is 6.43 Å². The van der Waals surface area contributed by atoms with Crippen LogP contribution in [-0.2, 0) is 6.54 Å². The van der Waals surface area contributed by atoms with Crippen LogP contribution < -0.4 is 5.32 Å². The van der Waals surface area contributed by atoms with Crippen LogP contribution in [0.4, 0.5) is 8.78 Å². The second-order valence-electron chi connectivity index (χ2n) is 3.59. The number of hydrogen-bond donors (Lipinski definition) is 1. The number of nitrogens with one attached hydrogen (secondary N) is 1. The lowest BCUT2D eigenvalue weighted by molar-refractivity contribution is 0.151. The molecule has 0 saturated carbocycles. The van der Waals surface area contributed by atoms with Gasteiger partial charge in [0.05, 0.1) is 18.3 Å². The Morgan fingerprint density at radius 3 is 3.07 bits per heavy atom. The molecule has 1 aromatic rings. The van der Waals surface area contributed by atoms with Gasteiger partial charge in [0.2, 0.25) is 0 Å². The first-order valence-corrected chi connectivity index (χ1v) is 4.79. The van der Waals surface area contributed by atoms with Gasteiger partial charge in [-0.2, -0.15) is 5.10 Å². The summed E-state index contributed by atoms with van der Waals surface area (Å²) in [5.41, 5.74) is 0.00277. The zero-order chi connectivity index (χ0) is 9.97. The molecule has 0 amide bonds. The number of aromatic nitrogens is 2. The van der Waals surface area contributed by atoms with Crippen LogP contribution in [-0.4, -0.2) is 22.4 Å². The summed E-state index contributed by atoms with van der Waals surface area (Å²) in [5, 5.41) is 7.19. The molecule has 1 aromatic heterocycles. The smallest absolute Gasteiger partial charge is 0.266 e.